The van der Waals surface area contributed by atoms with Crippen LogP contribution in [0, 0.1) is 0 Å². The van der Waals surface area contributed by atoms with Gasteiger partial charge in [-0.2, -0.15) is 0 Å². The topological polar surface area (TPSA) is 29.0 Å². The highest BCUT2D eigenvalue weighted by molar-refractivity contribution is 9.10. The molecule has 0 N–H and O–H groups in total. The fraction of sp³-hybridized carbons (Fsp3) is 0.412. The van der Waals surface area contributed by atoms with E-state index in [2.05, 4.69) is 63.9 Å². The molecule has 3 rings (SSSR count). The molecule has 21 heavy (non-hydrogen) atoms. The molecule has 0 aliphatic carbocycles. The zero-order valence-corrected chi connectivity index (χ0v) is 14.1. The molecule has 1 unspecified atom stereocenters. The summed E-state index contributed by atoms with van der Waals surface area (Å²) in [5, 5.41) is 0. The number of halogens is 1. The minimum atomic E-state index is 0.455. The lowest BCUT2D eigenvalue weighted by Crippen LogP contribution is -2.34. The van der Waals surface area contributed by atoms with Crippen molar-refractivity contribution in [2.75, 3.05) is 4.90 Å². The maximum atomic E-state index is 4.78. The molecule has 110 valence electrons. The van der Waals surface area contributed by atoms with Gasteiger partial charge in [-0.1, -0.05) is 25.1 Å². The third-order valence-electron chi connectivity index (χ3n) is 3.97. The van der Waals surface area contributed by atoms with Gasteiger partial charge in [0.15, 0.2) is 0 Å². The van der Waals surface area contributed by atoms with Crippen LogP contribution in [0.4, 0.5) is 11.5 Å². The zero-order valence-electron chi connectivity index (χ0n) is 12.5. The summed E-state index contributed by atoms with van der Waals surface area (Å²) in [5.74, 6) is 1.91. The fourth-order valence-electron chi connectivity index (χ4n) is 2.95. The van der Waals surface area contributed by atoms with Crippen LogP contribution in [0.5, 0.6) is 0 Å². The van der Waals surface area contributed by atoms with E-state index < -0.39 is 0 Å². The predicted octanol–water partition coefficient (Wildman–Crippen LogP) is 4.66. The molecule has 0 saturated carbocycles. The van der Waals surface area contributed by atoms with Gasteiger partial charge in [-0.25, -0.2) is 9.97 Å². The van der Waals surface area contributed by atoms with Crippen LogP contribution in [0.1, 0.15) is 38.1 Å². The zero-order chi connectivity index (χ0) is 14.8. The standard InChI is InChI=1S/C17H20BrN3/c1-3-6-16-19-15(18)11-17(20-16)21-12(2)9-10-13-7-4-5-8-14(13)21/h4-5,7-8,11-12H,3,6,9-10H2,1-2H3. The molecule has 1 aromatic heterocycles. The van der Waals surface area contributed by atoms with Gasteiger partial charge in [0.05, 0.1) is 0 Å². The normalized spacial score (nSPS) is 17.7. The van der Waals surface area contributed by atoms with Crippen LogP contribution in [0.3, 0.4) is 0 Å². The average Bonchev–Trinajstić information content (AvgIpc) is 2.47. The summed E-state index contributed by atoms with van der Waals surface area (Å²) in [5.41, 5.74) is 2.69. The van der Waals surface area contributed by atoms with Crippen LogP contribution in [0.25, 0.3) is 0 Å². The highest BCUT2D eigenvalue weighted by atomic mass is 79.9. The maximum Gasteiger partial charge on any atom is 0.138 e. The van der Waals surface area contributed by atoms with Gasteiger partial charge in [-0.3, -0.25) is 0 Å². The van der Waals surface area contributed by atoms with E-state index in [0.29, 0.717) is 6.04 Å². The van der Waals surface area contributed by atoms with Crippen LogP contribution < -0.4 is 4.90 Å². The Morgan fingerprint density at radius 2 is 2.10 bits per heavy atom. The van der Waals surface area contributed by atoms with Crippen LogP contribution in [-0.4, -0.2) is 16.0 Å². The molecule has 4 heteroatoms. The van der Waals surface area contributed by atoms with Gasteiger partial charge in [-0.15, -0.1) is 0 Å². The molecule has 2 heterocycles. The minimum absolute atomic E-state index is 0.455. The summed E-state index contributed by atoms with van der Waals surface area (Å²) in [7, 11) is 0. The number of rotatable bonds is 3. The number of aryl methyl sites for hydroxylation is 2. The van der Waals surface area contributed by atoms with E-state index in [4.69, 9.17) is 4.98 Å². The van der Waals surface area contributed by atoms with E-state index in [1.807, 2.05) is 6.07 Å². The van der Waals surface area contributed by atoms with Crippen molar-refractivity contribution < 1.29 is 0 Å². The predicted molar refractivity (Wildman–Crippen MR) is 90.1 cm³/mol. The lowest BCUT2D eigenvalue weighted by atomic mass is 9.97. The Morgan fingerprint density at radius 1 is 1.29 bits per heavy atom. The van der Waals surface area contributed by atoms with Crippen molar-refractivity contribution in [3.8, 4) is 0 Å². The van der Waals surface area contributed by atoms with Crippen LogP contribution in [-0.2, 0) is 12.8 Å². The van der Waals surface area contributed by atoms with Crippen molar-refractivity contribution in [1.82, 2.24) is 9.97 Å². The van der Waals surface area contributed by atoms with Gasteiger partial charge < -0.3 is 4.90 Å². The molecule has 0 radical (unpaired) electrons. The third-order valence-corrected chi connectivity index (χ3v) is 4.38. The van der Waals surface area contributed by atoms with Gasteiger partial charge in [0.2, 0.25) is 0 Å². The van der Waals surface area contributed by atoms with Crippen molar-refractivity contribution in [2.24, 2.45) is 0 Å². The second kappa shape index (κ2) is 6.14. The summed E-state index contributed by atoms with van der Waals surface area (Å²) in [6.07, 6.45) is 4.27. The smallest absolute Gasteiger partial charge is 0.138 e. The molecule has 0 spiro atoms. The van der Waals surface area contributed by atoms with Gasteiger partial charge in [0, 0.05) is 24.2 Å². The summed E-state index contributed by atoms with van der Waals surface area (Å²) >= 11 is 3.53. The van der Waals surface area contributed by atoms with Crippen molar-refractivity contribution in [3.63, 3.8) is 0 Å². The molecule has 3 nitrogen and oxygen atoms in total. The van der Waals surface area contributed by atoms with Gasteiger partial charge >= 0.3 is 0 Å². The quantitative estimate of drug-likeness (QED) is 0.757. The number of hydrogen-bond acceptors (Lipinski definition) is 3. The minimum Gasteiger partial charge on any atom is -0.323 e. The van der Waals surface area contributed by atoms with Crippen LogP contribution in [0.15, 0.2) is 34.9 Å². The number of para-hydroxylation sites is 1. The molecular weight excluding hydrogens is 326 g/mol. The number of benzene rings is 1. The Kier molecular flexibility index (Phi) is 4.24. The summed E-state index contributed by atoms with van der Waals surface area (Å²) in [6.45, 7) is 4.42. The van der Waals surface area contributed by atoms with E-state index >= 15 is 0 Å². The van der Waals surface area contributed by atoms with E-state index in [-0.39, 0.29) is 0 Å². The molecule has 1 aliphatic rings. The fourth-order valence-corrected chi connectivity index (χ4v) is 3.36. The second-order valence-corrected chi connectivity index (χ2v) is 6.41. The molecule has 0 saturated heterocycles. The Labute approximate surface area is 134 Å². The van der Waals surface area contributed by atoms with Crippen LogP contribution in [0.2, 0.25) is 0 Å². The van der Waals surface area contributed by atoms with Crippen LogP contribution >= 0.6 is 15.9 Å². The largest absolute Gasteiger partial charge is 0.323 e. The number of fused-ring (bicyclic) bond motifs is 1. The molecule has 0 fully saturated rings. The number of aromatic nitrogens is 2. The average molecular weight is 346 g/mol. The Balaban J connectivity index is 2.07. The SMILES string of the molecule is CCCc1nc(Br)cc(N2c3ccccc3CCC2C)n1. The number of anilines is 2. The van der Waals surface area contributed by atoms with Gasteiger partial charge in [-0.05, 0) is 53.7 Å². The van der Waals surface area contributed by atoms with E-state index in [1.165, 1.54) is 11.3 Å². The molecule has 1 aromatic carbocycles. The molecule has 0 bridgehead atoms. The summed E-state index contributed by atoms with van der Waals surface area (Å²) in [6, 6.07) is 11.1. The first-order chi connectivity index (χ1) is 10.2. The molecule has 1 atom stereocenters. The van der Waals surface area contributed by atoms with Crippen molar-refractivity contribution in [1.29, 1.82) is 0 Å². The lowest BCUT2D eigenvalue weighted by molar-refractivity contribution is 0.611. The Hall–Kier alpha value is -1.42. The monoisotopic (exact) mass is 345 g/mol. The summed E-state index contributed by atoms with van der Waals surface area (Å²) < 4.78 is 0.867. The highest BCUT2D eigenvalue weighted by Gasteiger charge is 2.25. The summed E-state index contributed by atoms with van der Waals surface area (Å²) in [4.78, 5) is 11.6. The van der Waals surface area contributed by atoms with Gasteiger partial charge in [0.25, 0.3) is 0 Å². The van der Waals surface area contributed by atoms with Crippen molar-refractivity contribution in [2.45, 2.75) is 45.6 Å². The first kappa shape index (κ1) is 14.5. The highest BCUT2D eigenvalue weighted by Crippen LogP contribution is 2.36. The maximum absolute atomic E-state index is 4.78. The number of nitrogens with zero attached hydrogens (tertiary/aromatic N) is 3. The Morgan fingerprint density at radius 3 is 2.90 bits per heavy atom. The first-order valence-electron chi connectivity index (χ1n) is 7.59. The molecule has 1 aliphatic heterocycles. The number of hydrogen-bond donors (Lipinski definition) is 0. The van der Waals surface area contributed by atoms with E-state index in [9.17, 15) is 0 Å². The molecular formula is C17H20BrN3. The second-order valence-electron chi connectivity index (χ2n) is 5.60. The Bertz CT molecular complexity index is 642. The van der Waals surface area contributed by atoms with Crippen molar-refractivity contribution in [3.05, 3.63) is 46.3 Å². The van der Waals surface area contributed by atoms with Gasteiger partial charge in [0.1, 0.15) is 16.2 Å². The van der Waals surface area contributed by atoms with E-state index in [0.717, 1.165) is 41.9 Å². The molecule has 2 aromatic rings. The molecule has 0 amide bonds. The third kappa shape index (κ3) is 2.95. The first-order valence-corrected chi connectivity index (χ1v) is 8.39. The van der Waals surface area contributed by atoms with E-state index in [1.54, 1.807) is 0 Å². The lowest BCUT2D eigenvalue weighted by Gasteiger charge is -2.36. The van der Waals surface area contributed by atoms with Crippen molar-refractivity contribution >= 4 is 27.4 Å².